The maximum atomic E-state index is 13.0. The second kappa shape index (κ2) is 10.6. The second-order valence-electron chi connectivity index (χ2n) is 6.26. The smallest absolute Gasteiger partial charge is 0.258 e. The number of nitrogens with zero attached hydrogens (tertiary/aromatic N) is 1. The zero-order chi connectivity index (χ0) is 21.3. The van der Waals surface area contributed by atoms with Gasteiger partial charge < -0.3 is 14.8 Å². The minimum absolute atomic E-state index is 0.202. The van der Waals surface area contributed by atoms with Crippen molar-refractivity contribution >= 4 is 17.7 Å². The summed E-state index contributed by atoms with van der Waals surface area (Å²) >= 11 is 1.50. The van der Waals surface area contributed by atoms with E-state index in [2.05, 4.69) is 10.3 Å². The first-order valence-electron chi connectivity index (χ1n) is 9.08. The van der Waals surface area contributed by atoms with Crippen molar-refractivity contribution in [1.82, 2.24) is 10.3 Å². The highest BCUT2D eigenvalue weighted by Gasteiger charge is 2.10. The number of methoxy groups -OCH3 is 1. The van der Waals surface area contributed by atoms with Gasteiger partial charge in [0.2, 0.25) is 0 Å². The topological polar surface area (TPSA) is 60.5 Å². The molecule has 0 aliphatic heterocycles. The van der Waals surface area contributed by atoms with Crippen molar-refractivity contribution in [3.05, 3.63) is 83.7 Å². The summed E-state index contributed by atoms with van der Waals surface area (Å²) < 4.78 is 36.8. The van der Waals surface area contributed by atoms with Crippen molar-refractivity contribution in [2.75, 3.05) is 13.7 Å². The highest BCUT2D eigenvalue weighted by Crippen LogP contribution is 2.29. The first kappa shape index (κ1) is 21.6. The van der Waals surface area contributed by atoms with Crippen LogP contribution in [0.5, 0.6) is 11.5 Å². The molecule has 3 aromatic rings. The Labute approximate surface area is 177 Å². The monoisotopic (exact) mass is 430 g/mol. The lowest BCUT2D eigenvalue weighted by Crippen LogP contribution is -2.28. The third-order valence-corrected chi connectivity index (χ3v) is 5.12. The molecule has 3 rings (SSSR count). The molecule has 1 N–H and O–H groups in total. The molecule has 1 heterocycles. The summed E-state index contributed by atoms with van der Waals surface area (Å²) in [5.74, 6) is 0.432. The molecule has 8 heteroatoms. The Morgan fingerprint density at radius 1 is 1.03 bits per heavy atom. The molecule has 5 nitrogen and oxygen atoms in total. The lowest BCUT2D eigenvalue weighted by atomic mass is 10.2. The van der Waals surface area contributed by atoms with Crippen molar-refractivity contribution in [1.29, 1.82) is 0 Å². The van der Waals surface area contributed by atoms with Gasteiger partial charge in [0.05, 0.1) is 19.0 Å². The van der Waals surface area contributed by atoms with Crippen molar-refractivity contribution in [3.8, 4) is 11.5 Å². The Bertz CT molecular complexity index is 983. The Kier molecular flexibility index (Phi) is 7.62. The number of thioether (sulfide) groups is 1. The fraction of sp³-hybridized carbons (Fsp3) is 0.182. The molecule has 2 aromatic carbocycles. The lowest BCUT2D eigenvalue weighted by Gasteiger charge is -2.12. The predicted molar refractivity (Wildman–Crippen MR) is 110 cm³/mol. The molecule has 0 saturated heterocycles. The quantitative estimate of drug-likeness (QED) is 0.512. The van der Waals surface area contributed by atoms with Gasteiger partial charge in [-0.25, -0.2) is 8.78 Å². The van der Waals surface area contributed by atoms with E-state index in [1.807, 2.05) is 0 Å². The van der Waals surface area contributed by atoms with Gasteiger partial charge in [0.1, 0.15) is 11.6 Å². The number of halogens is 2. The number of nitrogens with one attached hydrogen (secondary N) is 1. The number of aromatic nitrogens is 1. The van der Waals surface area contributed by atoms with E-state index in [4.69, 9.17) is 9.47 Å². The third-order valence-electron chi connectivity index (χ3n) is 4.07. The van der Waals surface area contributed by atoms with Crippen LogP contribution in [0.3, 0.4) is 0 Å². The molecular weight excluding hydrogens is 410 g/mol. The molecule has 0 aliphatic rings. The first-order chi connectivity index (χ1) is 14.5. The number of benzene rings is 2. The summed E-state index contributed by atoms with van der Waals surface area (Å²) in [5, 5.41) is 2.71. The lowest BCUT2D eigenvalue weighted by molar-refractivity contribution is -0.123. The van der Waals surface area contributed by atoms with Crippen LogP contribution in [0.1, 0.15) is 11.3 Å². The Balaban J connectivity index is 1.54. The number of pyridine rings is 1. The number of carbonyl (C=O) groups is 1. The molecular formula is C22H20F2N2O3S. The molecule has 1 aromatic heterocycles. The number of hydrogen-bond donors (Lipinski definition) is 1. The van der Waals surface area contributed by atoms with Crippen LogP contribution in [-0.2, 0) is 17.1 Å². The predicted octanol–water partition coefficient (Wildman–Crippen LogP) is 4.36. The normalized spacial score (nSPS) is 10.5. The zero-order valence-electron chi connectivity index (χ0n) is 16.2. The van der Waals surface area contributed by atoms with E-state index in [-0.39, 0.29) is 30.7 Å². The number of hydrogen-bond acceptors (Lipinski definition) is 5. The average molecular weight is 430 g/mol. The van der Waals surface area contributed by atoms with E-state index < -0.39 is 0 Å². The Hall–Kier alpha value is -3.13. The second-order valence-corrected chi connectivity index (χ2v) is 7.31. The molecule has 0 spiro atoms. The van der Waals surface area contributed by atoms with E-state index >= 15 is 0 Å². The molecule has 156 valence electrons. The maximum Gasteiger partial charge on any atom is 0.258 e. The molecule has 0 bridgehead atoms. The van der Waals surface area contributed by atoms with Crippen LogP contribution in [0.2, 0.25) is 0 Å². The van der Waals surface area contributed by atoms with Crippen molar-refractivity contribution in [2.45, 2.75) is 17.2 Å². The summed E-state index contributed by atoms with van der Waals surface area (Å²) in [6.07, 6.45) is 1.53. The van der Waals surface area contributed by atoms with Gasteiger partial charge >= 0.3 is 0 Å². The fourth-order valence-corrected chi connectivity index (χ4v) is 3.30. The number of rotatable bonds is 9. The van der Waals surface area contributed by atoms with Crippen molar-refractivity contribution in [2.24, 2.45) is 0 Å². The van der Waals surface area contributed by atoms with Crippen LogP contribution in [0.15, 0.2) is 65.7 Å². The van der Waals surface area contributed by atoms with Gasteiger partial charge in [0, 0.05) is 23.3 Å². The summed E-state index contributed by atoms with van der Waals surface area (Å²) in [4.78, 5) is 17.3. The maximum absolute atomic E-state index is 13.0. The third kappa shape index (κ3) is 6.45. The van der Waals surface area contributed by atoms with E-state index in [9.17, 15) is 13.6 Å². The molecule has 0 unspecified atom stereocenters. The van der Waals surface area contributed by atoms with Crippen LogP contribution in [0, 0.1) is 11.6 Å². The van der Waals surface area contributed by atoms with Crippen LogP contribution in [0.4, 0.5) is 8.78 Å². The number of amides is 1. The van der Waals surface area contributed by atoms with E-state index in [1.54, 1.807) is 30.3 Å². The summed E-state index contributed by atoms with van der Waals surface area (Å²) in [7, 11) is 1.49. The molecule has 30 heavy (non-hydrogen) atoms. The highest BCUT2D eigenvalue weighted by molar-refractivity contribution is 7.98. The minimum Gasteiger partial charge on any atom is -0.491 e. The van der Waals surface area contributed by atoms with Gasteiger partial charge in [-0.15, -0.1) is 11.8 Å². The minimum atomic E-state index is -0.327. The largest absolute Gasteiger partial charge is 0.491 e. The molecule has 1 amide bonds. The van der Waals surface area contributed by atoms with Crippen LogP contribution >= 0.6 is 11.8 Å². The van der Waals surface area contributed by atoms with E-state index in [0.717, 1.165) is 16.2 Å². The Morgan fingerprint density at radius 2 is 1.70 bits per heavy atom. The fourth-order valence-electron chi connectivity index (χ4n) is 2.50. The molecule has 0 aliphatic carbocycles. The van der Waals surface area contributed by atoms with Crippen LogP contribution < -0.4 is 14.8 Å². The first-order valence-corrected chi connectivity index (χ1v) is 10.1. The molecule has 0 fully saturated rings. The van der Waals surface area contributed by atoms with Gasteiger partial charge in [-0.05, 0) is 42.0 Å². The van der Waals surface area contributed by atoms with Crippen LogP contribution in [0.25, 0.3) is 0 Å². The van der Waals surface area contributed by atoms with Gasteiger partial charge in [-0.3, -0.25) is 9.78 Å². The van der Waals surface area contributed by atoms with Gasteiger partial charge in [0.15, 0.2) is 18.1 Å². The van der Waals surface area contributed by atoms with Gasteiger partial charge in [-0.1, -0.05) is 12.1 Å². The number of ether oxygens (including phenoxy) is 2. The van der Waals surface area contributed by atoms with Crippen LogP contribution in [-0.4, -0.2) is 24.6 Å². The molecule has 0 saturated carbocycles. The summed E-state index contributed by atoms with van der Waals surface area (Å²) in [6, 6.07) is 13.8. The summed E-state index contributed by atoms with van der Waals surface area (Å²) in [6.45, 7) is 0.0711. The van der Waals surface area contributed by atoms with Crippen molar-refractivity contribution < 1.29 is 23.0 Å². The van der Waals surface area contributed by atoms with E-state index in [1.165, 1.54) is 49.3 Å². The highest BCUT2D eigenvalue weighted by atomic mass is 32.2. The Morgan fingerprint density at radius 3 is 2.37 bits per heavy atom. The summed E-state index contributed by atoms with van der Waals surface area (Å²) in [5.41, 5.74) is 1.51. The molecule has 0 radical (unpaired) electrons. The van der Waals surface area contributed by atoms with Crippen molar-refractivity contribution in [3.63, 3.8) is 0 Å². The van der Waals surface area contributed by atoms with E-state index in [0.29, 0.717) is 17.3 Å². The van der Waals surface area contributed by atoms with Gasteiger partial charge in [-0.2, -0.15) is 0 Å². The van der Waals surface area contributed by atoms with Gasteiger partial charge in [0.25, 0.3) is 5.91 Å². The molecule has 0 atom stereocenters. The number of carbonyl (C=O) groups excluding carboxylic acids is 1. The SMILES string of the molecule is COc1cnc(CSc2ccc(F)cc2)cc1OCC(=O)NCc1ccc(F)cc1. The standard InChI is InChI=1S/C22H20F2N2O3S/c1-28-21-12-25-18(14-30-19-8-6-17(24)7-9-19)10-20(21)29-13-22(27)26-11-15-2-4-16(23)5-3-15/h2-10,12H,11,13-14H2,1H3,(H,26,27). The average Bonchev–Trinajstić information content (AvgIpc) is 2.77. The zero-order valence-corrected chi connectivity index (χ0v) is 17.0.